The highest BCUT2D eigenvalue weighted by atomic mass is 32.2. The predicted octanol–water partition coefficient (Wildman–Crippen LogP) is 4.06. The molecule has 5 aliphatic rings. The molecule has 7 heterocycles. The van der Waals surface area contributed by atoms with Crippen molar-refractivity contribution in [3.8, 4) is 5.69 Å². The van der Waals surface area contributed by atoms with Gasteiger partial charge >= 0.3 is 0 Å². The van der Waals surface area contributed by atoms with Crippen molar-refractivity contribution in [3.63, 3.8) is 0 Å². The van der Waals surface area contributed by atoms with Crippen LogP contribution in [0.4, 0.5) is 13.2 Å². The molecule has 2 saturated heterocycles. The molecule has 30 heteroatoms. The standard InChI is InChI=1S/C69H85F3N14O11S2/c1-37-61(89)76-38(2)62(90)77-54(25-43-30-74-53-13-9-45(70)27-51(43)53)63(91)78-56-26-44-31-83(57-14-10-46(71)28-52(44)57)33-48-34-86(82-81-48)49-22-41(35-98-19-15-59(88)75-37)21-42(23-49)36-99-20-17-73-68(96)69(4)16-6-18-85(69)67(95)55(24-40-7-11-50(97-5)12-8-40)79-65(93)60(39(3)87)80-64(92)58-29-47(72)32-84(58)66(56)94/h9-10,13-14,21-23,27-28,30-31,34,37-40,47,50,54-56,58,60,74,87H,6-8,11-12,15-20,24-26,29,32-33,35-36H2,1-5H3,(H,73,96)(H,75,88)(H,76,89)(H,77,90)(H,78,91)(H,79,93)(H,80,92)/t37-,38+,39+,40?,47+,50?,54-,55-,56+,58+,60-,69-/m0/s1. The number of halogens is 3. The van der Waals surface area contributed by atoms with Crippen molar-refractivity contribution in [2.75, 3.05) is 38.2 Å². The van der Waals surface area contributed by atoms with E-state index in [4.69, 9.17) is 4.74 Å². The maximum atomic E-state index is 16.3. The molecular formula is C69H85F3N14O11S2. The number of carbonyl (C=O) groups is 9. The molecule has 1 aliphatic carbocycles. The van der Waals surface area contributed by atoms with Crippen molar-refractivity contribution in [1.29, 1.82) is 0 Å². The molecule has 99 heavy (non-hydrogen) atoms. The van der Waals surface area contributed by atoms with E-state index in [1.807, 2.05) is 18.2 Å². The molecule has 3 aromatic carbocycles. The van der Waals surface area contributed by atoms with Gasteiger partial charge in [-0.25, -0.2) is 17.9 Å². The summed E-state index contributed by atoms with van der Waals surface area (Å²) in [6.45, 7) is 5.53. The van der Waals surface area contributed by atoms with Crippen molar-refractivity contribution in [2.45, 2.75) is 183 Å². The molecule has 25 nitrogen and oxygen atoms in total. The number of aromatic amines is 1. The number of benzene rings is 3. The second-order valence-electron chi connectivity index (χ2n) is 26.9. The van der Waals surface area contributed by atoms with Crippen LogP contribution in [0.5, 0.6) is 0 Å². The SMILES string of the molecule is COC1CCC(C[C@@H]2NC(=O)[C@H]([C@@H](C)O)NC(=O)[C@H]3C[C@@H](F)CN3C(=O)[C@H]3Cc4cn(c5ccc(F)cc45)Cc4cn(nn4)-c4cc(cc(c4)CSCCC(=O)N[C@@H](C)C(=O)N[C@H](C)C(=O)N[C@@H](Cc4c[nH]c5ccc(F)cc45)C(=O)N3)CSCCNC(=O)[C@]3(C)CCCN3C2=O)CC1. The average molecular weight is 1410 g/mol. The number of amides is 9. The predicted molar refractivity (Wildman–Crippen MR) is 364 cm³/mol. The Hall–Kier alpha value is -8.48. The number of hydrogen-bond donors (Lipinski definition) is 9. The van der Waals surface area contributed by atoms with Gasteiger partial charge in [-0.2, -0.15) is 23.5 Å². The minimum Gasteiger partial charge on any atom is -0.391 e. The van der Waals surface area contributed by atoms with Gasteiger partial charge in [0.25, 0.3) is 0 Å². The van der Waals surface area contributed by atoms with E-state index in [1.165, 1.54) is 80.0 Å². The first-order chi connectivity index (χ1) is 47.4. The number of aliphatic hydroxyl groups excluding tert-OH is 1. The van der Waals surface area contributed by atoms with Crippen molar-refractivity contribution < 1.29 is 66.2 Å². The van der Waals surface area contributed by atoms with Crippen LogP contribution < -0.4 is 37.2 Å². The van der Waals surface area contributed by atoms with Crippen LogP contribution in [0, 0.1) is 17.6 Å². The molecule has 8 bridgehead atoms. The van der Waals surface area contributed by atoms with E-state index in [0.717, 1.165) is 16.0 Å². The first-order valence-corrected chi connectivity index (χ1v) is 36.0. The van der Waals surface area contributed by atoms with Gasteiger partial charge in [0.1, 0.15) is 71.3 Å². The van der Waals surface area contributed by atoms with Crippen LogP contribution in [-0.2, 0) is 78.8 Å². The van der Waals surface area contributed by atoms with Gasteiger partial charge in [-0.3, -0.25) is 43.2 Å². The van der Waals surface area contributed by atoms with E-state index in [9.17, 15) is 38.3 Å². The molecular weight excluding hydrogens is 1320 g/mol. The lowest BCUT2D eigenvalue weighted by molar-refractivity contribution is -0.147. The van der Waals surface area contributed by atoms with Crippen LogP contribution in [0.1, 0.15) is 113 Å². The summed E-state index contributed by atoms with van der Waals surface area (Å²) < 4.78 is 56.0. The summed E-state index contributed by atoms with van der Waals surface area (Å²) in [4.78, 5) is 137. The summed E-state index contributed by atoms with van der Waals surface area (Å²) in [6.07, 6.45) is 3.68. The lowest BCUT2D eigenvalue weighted by Crippen LogP contribution is -2.63. The quantitative estimate of drug-likeness (QED) is 0.114. The Bertz CT molecular complexity index is 4030. The van der Waals surface area contributed by atoms with Crippen LogP contribution in [0.25, 0.3) is 27.5 Å². The Balaban J connectivity index is 1.01. The van der Waals surface area contributed by atoms with Crippen LogP contribution in [0.3, 0.4) is 0 Å². The Morgan fingerprint density at radius 1 is 0.768 bits per heavy atom. The highest BCUT2D eigenvalue weighted by Gasteiger charge is 2.49. The second-order valence-corrected chi connectivity index (χ2v) is 29.1. The molecule has 4 aliphatic heterocycles. The van der Waals surface area contributed by atoms with Gasteiger partial charge in [-0.05, 0) is 149 Å². The number of nitrogens with one attached hydrogen (secondary N) is 8. The summed E-state index contributed by atoms with van der Waals surface area (Å²) in [5.41, 5.74) is 3.15. The Morgan fingerprint density at radius 2 is 1.46 bits per heavy atom. The molecule has 0 unspecified atom stereocenters. The minimum absolute atomic E-state index is 0.00528. The van der Waals surface area contributed by atoms with Crippen LogP contribution in [0.15, 0.2) is 73.2 Å². The molecule has 10 atom stereocenters. The topological polar surface area (TPSA) is 325 Å². The number of rotatable bonds is 6. The Kier molecular flexibility index (Phi) is 22.8. The number of fused-ring (bicyclic) bond motifs is 7. The van der Waals surface area contributed by atoms with Gasteiger partial charge in [0.2, 0.25) is 53.2 Å². The van der Waals surface area contributed by atoms with Gasteiger partial charge in [-0.15, -0.1) is 5.10 Å². The molecule has 3 fully saturated rings. The molecule has 9 N–H and O–H groups in total. The van der Waals surface area contributed by atoms with E-state index in [-0.39, 0.29) is 62.4 Å². The summed E-state index contributed by atoms with van der Waals surface area (Å²) in [6, 6.07) is 3.35. The lowest BCUT2D eigenvalue weighted by atomic mass is 9.82. The highest BCUT2D eigenvalue weighted by Crippen LogP contribution is 2.35. The number of hydrogen-bond acceptors (Lipinski definition) is 15. The number of carbonyl (C=O) groups excluding carboxylic acids is 9. The number of methoxy groups -OCH3 is 1. The smallest absolute Gasteiger partial charge is 0.246 e. The first-order valence-electron chi connectivity index (χ1n) is 33.7. The zero-order valence-electron chi connectivity index (χ0n) is 55.9. The van der Waals surface area contributed by atoms with Gasteiger partial charge in [0.15, 0.2) is 0 Å². The van der Waals surface area contributed by atoms with Crippen molar-refractivity contribution in [3.05, 3.63) is 113 Å². The maximum absolute atomic E-state index is 16.3. The first kappa shape index (κ1) is 71.8. The number of alkyl halides is 1. The van der Waals surface area contributed by atoms with E-state index in [0.29, 0.717) is 100 Å². The molecule has 11 rings (SSSR count). The van der Waals surface area contributed by atoms with E-state index in [2.05, 4.69) is 52.5 Å². The molecule has 9 amide bonds. The Labute approximate surface area is 578 Å². The second kappa shape index (κ2) is 31.4. The third-order valence-electron chi connectivity index (χ3n) is 19.6. The zero-order chi connectivity index (χ0) is 70.4. The van der Waals surface area contributed by atoms with E-state index in [1.54, 1.807) is 47.4 Å². The van der Waals surface area contributed by atoms with Crippen LogP contribution in [0.2, 0.25) is 0 Å². The molecule has 1 saturated carbocycles. The fourth-order valence-corrected chi connectivity index (χ4v) is 15.8. The van der Waals surface area contributed by atoms with Gasteiger partial charge in [-0.1, -0.05) is 11.3 Å². The zero-order valence-corrected chi connectivity index (χ0v) is 57.5. The number of ether oxygens (including phenoxy) is 1. The Morgan fingerprint density at radius 3 is 2.20 bits per heavy atom. The monoisotopic (exact) mass is 1410 g/mol. The van der Waals surface area contributed by atoms with Gasteiger partial charge < -0.3 is 66.4 Å². The number of H-pyrrole nitrogens is 1. The summed E-state index contributed by atoms with van der Waals surface area (Å²) in [5.74, 6) is -6.59. The molecule has 0 spiro atoms. The number of aliphatic hydroxyl groups is 1. The van der Waals surface area contributed by atoms with Crippen LogP contribution >= 0.6 is 23.5 Å². The fraction of sp³-hybridized carbons (Fsp3) is 0.522. The molecule has 530 valence electrons. The van der Waals surface area contributed by atoms with Gasteiger partial charge in [0.05, 0.1) is 37.2 Å². The fourth-order valence-electron chi connectivity index (χ4n) is 14.1. The summed E-state index contributed by atoms with van der Waals surface area (Å²) in [7, 11) is 1.64. The van der Waals surface area contributed by atoms with E-state index < -0.39 is 138 Å². The molecule has 6 aromatic rings. The highest BCUT2D eigenvalue weighted by molar-refractivity contribution is 7.98. The minimum atomic E-state index is -1.86. The van der Waals surface area contributed by atoms with Crippen molar-refractivity contribution >= 4 is 98.5 Å². The average Bonchev–Trinajstić information content (AvgIpc) is 1.67. The van der Waals surface area contributed by atoms with Crippen molar-refractivity contribution in [1.82, 2.24) is 71.6 Å². The van der Waals surface area contributed by atoms with Crippen molar-refractivity contribution in [2.24, 2.45) is 5.92 Å². The third kappa shape index (κ3) is 16.9. The normalized spacial score (nSPS) is 27.7. The maximum Gasteiger partial charge on any atom is 0.246 e. The number of nitrogens with zero attached hydrogens (tertiary/aromatic N) is 6. The molecule has 0 radical (unpaired) electrons. The third-order valence-corrected chi connectivity index (χ3v) is 21.7. The van der Waals surface area contributed by atoms with Gasteiger partial charge in [0, 0.05) is 103 Å². The summed E-state index contributed by atoms with van der Waals surface area (Å²) in [5, 5.41) is 40.3. The molecule has 3 aromatic heterocycles. The number of aromatic nitrogens is 5. The van der Waals surface area contributed by atoms with Crippen LogP contribution in [-0.4, -0.2) is 197 Å². The number of thioether (sulfide) groups is 2. The largest absolute Gasteiger partial charge is 0.391 e. The summed E-state index contributed by atoms with van der Waals surface area (Å²) >= 11 is 3.05. The van der Waals surface area contributed by atoms with E-state index >= 15 is 23.2 Å². The lowest BCUT2D eigenvalue weighted by Gasteiger charge is -2.38.